The Morgan fingerprint density at radius 2 is 2.40 bits per heavy atom. The summed E-state index contributed by atoms with van der Waals surface area (Å²) in [6, 6.07) is 0. The van der Waals surface area contributed by atoms with E-state index in [0.717, 1.165) is 19.4 Å². The number of hydrogen-bond acceptors (Lipinski definition) is 2. The van der Waals surface area contributed by atoms with Crippen molar-refractivity contribution >= 4 is 0 Å². The molecule has 0 saturated carbocycles. The summed E-state index contributed by atoms with van der Waals surface area (Å²) in [6.45, 7) is 1.09. The van der Waals surface area contributed by atoms with E-state index in [1.165, 1.54) is 0 Å². The van der Waals surface area contributed by atoms with Crippen LogP contribution in [-0.2, 0) is 0 Å². The lowest BCUT2D eigenvalue weighted by Crippen LogP contribution is -2.45. The van der Waals surface area contributed by atoms with Gasteiger partial charge >= 0.3 is 0 Å². The number of rotatable bonds is 2. The van der Waals surface area contributed by atoms with Gasteiger partial charge in [-0.3, -0.25) is 4.39 Å². The molecule has 1 atom stereocenters. The van der Waals surface area contributed by atoms with Crippen LogP contribution in [0.3, 0.4) is 0 Å². The van der Waals surface area contributed by atoms with Crippen LogP contribution in [0.5, 0.6) is 0 Å². The third kappa shape index (κ3) is 1.92. The van der Waals surface area contributed by atoms with Crippen molar-refractivity contribution in [2.75, 3.05) is 19.8 Å². The van der Waals surface area contributed by atoms with Crippen LogP contribution in [0.4, 0.5) is 4.39 Å². The largest absolute Gasteiger partial charge is 0.388 e. The molecule has 1 aliphatic rings. The maximum Gasteiger partial charge on any atom is 0.0922 e. The molecule has 1 saturated heterocycles. The zero-order valence-corrected chi connectivity index (χ0v) is 6.07. The van der Waals surface area contributed by atoms with E-state index in [9.17, 15) is 9.50 Å². The third-order valence-electron chi connectivity index (χ3n) is 2.01. The number of nitrogens with one attached hydrogen (secondary N) is 1. The molecule has 0 aromatic carbocycles. The minimum absolute atomic E-state index is 0.278. The summed E-state index contributed by atoms with van der Waals surface area (Å²) >= 11 is 0. The monoisotopic (exact) mass is 147 g/mol. The van der Waals surface area contributed by atoms with Crippen LogP contribution in [-0.4, -0.2) is 30.5 Å². The summed E-state index contributed by atoms with van der Waals surface area (Å²) in [5, 5.41) is 12.6. The van der Waals surface area contributed by atoms with Crippen LogP contribution in [0, 0.1) is 0 Å². The lowest BCUT2D eigenvalue weighted by atomic mass is 9.91. The molecule has 0 radical (unpaired) electrons. The van der Waals surface area contributed by atoms with Gasteiger partial charge in [-0.2, -0.15) is 0 Å². The number of β-amino-alcohol motifs (C(OH)–C–C–N with tert-alkyl or cyclic N) is 1. The normalized spacial score (nSPS) is 34.2. The van der Waals surface area contributed by atoms with Gasteiger partial charge in [0.05, 0.1) is 12.3 Å². The van der Waals surface area contributed by atoms with Crippen molar-refractivity contribution in [2.24, 2.45) is 0 Å². The predicted octanol–water partition coefficient (Wildman–Crippen LogP) is 0.460. The van der Waals surface area contributed by atoms with Gasteiger partial charge in [-0.05, 0) is 19.4 Å². The lowest BCUT2D eigenvalue weighted by molar-refractivity contribution is 0.00343. The van der Waals surface area contributed by atoms with Gasteiger partial charge in [-0.25, -0.2) is 0 Å². The highest BCUT2D eigenvalue weighted by Gasteiger charge is 2.28. The van der Waals surface area contributed by atoms with Crippen molar-refractivity contribution in [3.8, 4) is 0 Å². The fourth-order valence-corrected chi connectivity index (χ4v) is 1.34. The molecule has 0 amide bonds. The molecule has 0 bridgehead atoms. The van der Waals surface area contributed by atoms with Gasteiger partial charge in [-0.1, -0.05) is 0 Å². The number of hydrogen-bond donors (Lipinski definition) is 2. The van der Waals surface area contributed by atoms with Crippen molar-refractivity contribution < 1.29 is 9.50 Å². The number of halogens is 1. The van der Waals surface area contributed by atoms with Gasteiger partial charge in [0.1, 0.15) is 0 Å². The molecule has 3 heteroatoms. The second-order valence-electron chi connectivity index (χ2n) is 2.94. The Bertz CT molecular complexity index is 96.3. The quantitative estimate of drug-likeness (QED) is 0.594. The van der Waals surface area contributed by atoms with Crippen molar-refractivity contribution in [3.05, 3.63) is 0 Å². The fraction of sp³-hybridized carbons (Fsp3) is 1.00. The Morgan fingerprint density at radius 1 is 1.60 bits per heavy atom. The third-order valence-corrected chi connectivity index (χ3v) is 2.01. The van der Waals surface area contributed by atoms with E-state index < -0.39 is 12.3 Å². The van der Waals surface area contributed by atoms with E-state index in [4.69, 9.17) is 0 Å². The summed E-state index contributed by atoms with van der Waals surface area (Å²) in [5.41, 5.74) is -0.757. The first kappa shape index (κ1) is 7.95. The second-order valence-corrected chi connectivity index (χ2v) is 2.94. The maximum atomic E-state index is 11.8. The zero-order valence-electron chi connectivity index (χ0n) is 6.07. The molecule has 0 spiro atoms. The molecule has 0 aromatic rings. The van der Waals surface area contributed by atoms with Gasteiger partial charge in [0.25, 0.3) is 0 Å². The highest BCUT2D eigenvalue weighted by Crippen LogP contribution is 2.19. The van der Waals surface area contributed by atoms with Crippen molar-refractivity contribution in [2.45, 2.75) is 24.9 Å². The molecule has 0 aromatic heterocycles. The molecule has 1 fully saturated rings. The first-order valence-corrected chi connectivity index (χ1v) is 3.76. The van der Waals surface area contributed by atoms with Gasteiger partial charge in [0, 0.05) is 13.0 Å². The molecule has 2 N–H and O–H groups in total. The highest BCUT2D eigenvalue weighted by atomic mass is 19.1. The molecule has 0 aliphatic carbocycles. The lowest BCUT2D eigenvalue weighted by Gasteiger charge is -2.31. The van der Waals surface area contributed by atoms with Crippen molar-refractivity contribution in [3.63, 3.8) is 0 Å². The second kappa shape index (κ2) is 3.30. The molecule has 1 heterocycles. The highest BCUT2D eigenvalue weighted by molar-refractivity contribution is 4.84. The Labute approximate surface area is 60.4 Å². The van der Waals surface area contributed by atoms with Crippen LogP contribution < -0.4 is 5.32 Å². The molecular weight excluding hydrogens is 133 g/mol. The van der Waals surface area contributed by atoms with Crippen molar-refractivity contribution in [1.82, 2.24) is 5.32 Å². The number of alkyl halides is 1. The zero-order chi connectivity index (χ0) is 7.45. The Kier molecular flexibility index (Phi) is 2.63. The number of piperidine rings is 1. The molecule has 1 rings (SSSR count). The first-order chi connectivity index (χ1) is 4.77. The topological polar surface area (TPSA) is 32.3 Å². The van der Waals surface area contributed by atoms with E-state index in [0.29, 0.717) is 6.54 Å². The minimum atomic E-state index is -0.757. The predicted molar refractivity (Wildman–Crippen MR) is 37.6 cm³/mol. The Hall–Kier alpha value is -0.150. The van der Waals surface area contributed by atoms with Gasteiger partial charge in [0.15, 0.2) is 0 Å². The molecular formula is C7H14FNO. The molecule has 10 heavy (non-hydrogen) atoms. The molecule has 1 aliphatic heterocycles. The summed E-state index contributed by atoms with van der Waals surface area (Å²) in [7, 11) is 0. The average molecular weight is 147 g/mol. The van der Waals surface area contributed by atoms with E-state index >= 15 is 0 Å². The Balaban J connectivity index is 2.32. The van der Waals surface area contributed by atoms with Crippen LogP contribution in [0.25, 0.3) is 0 Å². The number of aliphatic hydroxyl groups is 1. The van der Waals surface area contributed by atoms with Crippen LogP contribution in [0.2, 0.25) is 0 Å². The van der Waals surface area contributed by atoms with E-state index in [1.54, 1.807) is 0 Å². The standard InChI is InChI=1S/C7H14FNO/c8-4-3-7(10)2-1-5-9-6-7/h9-10H,1-6H2. The molecule has 60 valence electrons. The minimum Gasteiger partial charge on any atom is -0.388 e. The van der Waals surface area contributed by atoms with E-state index in [-0.39, 0.29) is 6.42 Å². The Morgan fingerprint density at radius 3 is 2.90 bits per heavy atom. The smallest absolute Gasteiger partial charge is 0.0922 e. The van der Waals surface area contributed by atoms with Crippen molar-refractivity contribution in [1.29, 1.82) is 0 Å². The van der Waals surface area contributed by atoms with Gasteiger partial charge < -0.3 is 10.4 Å². The molecule has 2 nitrogen and oxygen atoms in total. The maximum absolute atomic E-state index is 11.8. The first-order valence-electron chi connectivity index (χ1n) is 3.76. The van der Waals surface area contributed by atoms with E-state index in [1.807, 2.05) is 0 Å². The van der Waals surface area contributed by atoms with Crippen LogP contribution in [0.1, 0.15) is 19.3 Å². The summed E-state index contributed by atoms with van der Waals surface area (Å²) in [5.74, 6) is 0. The molecule has 1 unspecified atom stereocenters. The van der Waals surface area contributed by atoms with Crippen LogP contribution >= 0.6 is 0 Å². The van der Waals surface area contributed by atoms with E-state index in [2.05, 4.69) is 5.32 Å². The average Bonchev–Trinajstić information content (AvgIpc) is 1.89. The van der Waals surface area contributed by atoms with Gasteiger partial charge in [-0.15, -0.1) is 0 Å². The SMILES string of the molecule is OC1(CCF)CCCNC1. The summed E-state index contributed by atoms with van der Waals surface area (Å²) < 4.78 is 11.8. The summed E-state index contributed by atoms with van der Waals surface area (Å²) in [4.78, 5) is 0. The fourth-order valence-electron chi connectivity index (χ4n) is 1.34. The summed E-state index contributed by atoms with van der Waals surface area (Å²) in [6.07, 6.45) is 1.97. The van der Waals surface area contributed by atoms with Crippen LogP contribution in [0.15, 0.2) is 0 Å². The van der Waals surface area contributed by atoms with Gasteiger partial charge in [0.2, 0.25) is 0 Å².